The molecular formula is C12H18N4OS. The van der Waals surface area contributed by atoms with Crippen LogP contribution in [0.5, 0.6) is 0 Å². The molecule has 1 amide bonds. The van der Waals surface area contributed by atoms with Gasteiger partial charge < -0.3 is 10.3 Å². The minimum Gasteiger partial charge on any atom is -0.354 e. The molecule has 0 radical (unpaired) electrons. The molecule has 18 heavy (non-hydrogen) atoms. The van der Waals surface area contributed by atoms with Crippen molar-refractivity contribution in [3.8, 4) is 0 Å². The number of carbonyl (C=O) groups excluding carboxylic acids is 1. The number of aryl methyl sites for hydroxylation is 1. The number of rotatable bonds is 6. The number of imidazole rings is 1. The number of H-pyrrole nitrogens is 1. The summed E-state index contributed by atoms with van der Waals surface area (Å²) in [5.41, 5.74) is 2.21. The highest BCUT2D eigenvalue weighted by Crippen LogP contribution is 2.11. The third-order valence-corrected chi connectivity index (χ3v) is 3.76. The molecule has 1 aliphatic rings. The van der Waals surface area contributed by atoms with Gasteiger partial charge in [0, 0.05) is 30.3 Å². The van der Waals surface area contributed by atoms with Crippen molar-refractivity contribution in [3.05, 3.63) is 29.9 Å². The molecule has 0 aliphatic carbocycles. The largest absolute Gasteiger partial charge is 0.354 e. The Bertz CT molecular complexity index is 429. The van der Waals surface area contributed by atoms with Gasteiger partial charge in [-0.3, -0.25) is 10.1 Å². The first-order valence-corrected chi connectivity index (χ1v) is 7.17. The van der Waals surface area contributed by atoms with Gasteiger partial charge in [0.25, 0.3) is 0 Å². The Labute approximate surface area is 111 Å². The number of nitrogens with zero attached hydrogens (tertiary/aromatic N) is 1. The van der Waals surface area contributed by atoms with Crippen molar-refractivity contribution in [2.45, 2.75) is 18.7 Å². The highest BCUT2D eigenvalue weighted by atomic mass is 32.2. The van der Waals surface area contributed by atoms with Gasteiger partial charge in [-0.15, -0.1) is 0 Å². The molecule has 5 nitrogen and oxygen atoms in total. The van der Waals surface area contributed by atoms with Crippen LogP contribution >= 0.6 is 11.8 Å². The van der Waals surface area contributed by atoms with Crippen molar-refractivity contribution in [3.63, 3.8) is 0 Å². The maximum Gasteiger partial charge on any atom is 0.241 e. The summed E-state index contributed by atoms with van der Waals surface area (Å²) in [6.45, 7) is 3.49. The lowest BCUT2D eigenvalue weighted by molar-refractivity contribution is -0.121. The molecule has 1 aliphatic heterocycles. The van der Waals surface area contributed by atoms with E-state index in [1.165, 1.54) is 0 Å². The van der Waals surface area contributed by atoms with E-state index in [2.05, 4.69) is 20.6 Å². The summed E-state index contributed by atoms with van der Waals surface area (Å²) in [5.74, 6) is 1.83. The Kier molecular flexibility index (Phi) is 4.83. The lowest BCUT2D eigenvalue weighted by atomic mass is 10.3. The third kappa shape index (κ3) is 3.61. The quantitative estimate of drug-likeness (QED) is 0.521. The Morgan fingerprint density at radius 2 is 2.56 bits per heavy atom. The number of amides is 1. The molecule has 0 unspecified atom stereocenters. The predicted molar refractivity (Wildman–Crippen MR) is 73.4 cm³/mol. The van der Waals surface area contributed by atoms with Gasteiger partial charge in [0.2, 0.25) is 5.91 Å². The molecule has 1 aromatic rings. The Balaban J connectivity index is 1.57. The smallest absolute Gasteiger partial charge is 0.241 e. The van der Waals surface area contributed by atoms with Crippen LogP contribution in [0, 0.1) is 6.92 Å². The van der Waals surface area contributed by atoms with Crippen LogP contribution in [0.15, 0.2) is 18.5 Å². The summed E-state index contributed by atoms with van der Waals surface area (Å²) in [7, 11) is 0. The van der Waals surface area contributed by atoms with E-state index in [-0.39, 0.29) is 11.9 Å². The van der Waals surface area contributed by atoms with Gasteiger partial charge in [-0.1, -0.05) is 12.2 Å². The summed E-state index contributed by atoms with van der Waals surface area (Å²) in [4.78, 5) is 18.9. The number of hydrogen-bond donors (Lipinski definition) is 3. The first kappa shape index (κ1) is 13.2. The molecule has 2 heterocycles. The molecule has 1 aromatic heterocycles. The van der Waals surface area contributed by atoms with Crippen LogP contribution in [0.25, 0.3) is 0 Å². The van der Waals surface area contributed by atoms with Crippen LogP contribution in [-0.4, -0.2) is 40.8 Å². The summed E-state index contributed by atoms with van der Waals surface area (Å²) in [6.07, 6.45) is 5.58. The van der Waals surface area contributed by atoms with E-state index in [0.717, 1.165) is 29.4 Å². The number of hydrogen-bond acceptors (Lipinski definition) is 4. The molecule has 3 N–H and O–H groups in total. The van der Waals surface area contributed by atoms with Crippen molar-refractivity contribution in [2.24, 2.45) is 0 Å². The molecule has 1 atom stereocenters. The van der Waals surface area contributed by atoms with Gasteiger partial charge in [0.05, 0.1) is 12.0 Å². The number of aromatic nitrogens is 2. The maximum absolute atomic E-state index is 11.6. The summed E-state index contributed by atoms with van der Waals surface area (Å²) >= 11 is 1.77. The van der Waals surface area contributed by atoms with E-state index in [9.17, 15) is 4.79 Å². The Morgan fingerprint density at radius 3 is 3.22 bits per heavy atom. The highest BCUT2D eigenvalue weighted by Gasteiger charge is 2.16. The molecule has 0 saturated heterocycles. The van der Waals surface area contributed by atoms with Crippen molar-refractivity contribution in [1.82, 2.24) is 20.6 Å². The van der Waals surface area contributed by atoms with E-state index in [1.807, 2.05) is 19.1 Å². The molecule has 0 aromatic carbocycles. The first-order chi connectivity index (χ1) is 8.77. The first-order valence-electron chi connectivity index (χ1n) is 6.01. The molecule has 0 saturated carbocycles. The maximum atomic E-state index is 11.6. The van der Waals surface area contributed by atoms with Gasteiger partial charge in [-0.25, -0.2) is 4.98 Å². The van der Waals surface area contributed by atoms with Crippen LogP contribution < -0.4 is 10.6 Å². The van der Waals surface area contributed by atoms with Crippen molar-refractivity contribution >= 4 is 17.7 Å². The Hall–Kier alpha value is -1.27. The zero-order valence-corrected chi connectivity index (χ0v) is 11.2. The molecule has 2 rings (SSSR count). The fourth-order valence-electron chi connectivity index (χ4n) is 1.71. The van der Waals surface area contributed by atoms with Crippen LogP contribution in [0.4, 0.5) is 0 Å². The third-order valence-electron chi connectivity index (χ3n) is 2.79. The molecular weight excluding hydrogens is 248 g/mol. The van der Waals surface area contributed by atoms with Crippen LogP contribution in [0.3, 0.4) is 0 Å². The van der Waals surface area contributed by atoms with Gasteiger partial charge in [-0.2, -0.15) is 11.8 Å². The number of carbonyl (C=O) groups is 1. The summed E-state index contributed by atoms with van der Waals surface area (Å²) in [6, 6.07) is -0.149. The number of aromatic amines is 1. The normalized spacial score (nSPS) is 18.2. The summed E-state index contributed by atoms with van der Waals surface area (Å²) < 4.78 is 0. The SMILES string of the molecule is Cc1[nH]cnc1CSCCNC(=O)[C@@H]1C=CCN1. The zero-order valence-electron chi connectivity index (χ0n) is 10.4. The van der Waals surface area contributed by atoms with Crippen molar-refractivity contribution < 1.29 is 4.79 Å². The monoisotopic (exact) mass is 266 g/mol. The van der Waals surface area contributed by atoms with Gasteiger partial charge in [0.1, 0.15) is 6.04 Å². The predicted octanol–water partition coefficient (Wildman–Crippen LogP) is 0.596. The molecule has 0 bridgehead atoms. The topological polar surface area (TPSA) is 69.8 Å². The molecule has 0 fully saturated rings. The minimum absolute atomic E-state index is 0.0558. The second-order valence-corrected chi connectivity index (χ2v) is 5.24. The fraction of sp³-hybridized carbons (Fsp3) is 0.500. The lowest BCUT2D eigenvalue weighted by Gasteiger charge is -2.09. The van der Waals surface area contributed by atoms with Crippen molar-refractivity contribution in [1.29, 1.82) is 0 Å². The van der Waals surface area contributed by atoms with E-state index < -0.39 is 0 Å². The average Bonchev–Trinajstić information content (AvgIpc) is 3.00. The van der Waals surface area contributed by atoms with Gasteiger partial charge >= 0.3 is 0 Å². The van der Waals surface area contributed by atoms with E-state index in [0.29, 0.717) is 6.54 Å². The molecule has 6 heteroatoms. The Morgan fingerprint density at radius 1 is 1.67 bits per heavy atom. The van der Waals surface area contributed by atoms with Crippen LogP contribution in [-0.2, 0) is 10.5 Å². The van der Waals surface area contributed by atoms with Gasteiger partial charge in [-0.05, 0) is 6.92 Å². The average molecular weight is 266 g/mol. The molecule has 98 valence electrons. The highest BCUT2D eigenvalue weighted by molar-refractivity contribution is 7.98. The minimum atomic E-state index is -0.149. The van der Waals surface area contributed by atoms with Crippen molar-refractivity contribution in [2.75, 3.05) is 18.8 Å². The van der Waals surface area contributed by atoms with Gasteiger partial charge in [0.15, 0.2) is 0 Å². The van der Waals surface area contributed by atoms with E-state index >= 15 is 0 Å². The molecule has 0 spiro atoms. The zero-order chi connectivity index (χ0) is 12.8. The lowest BCUT2D eigenvalue weighted by Crippen LogP contribution is -2.41. The van der Waals surface area contributed by atoms with E-state index in [4.69, 9.17) is 0 Å². The fourth-order valence-corrected chi connectivity index (χ4v) is 2.58. The van der Waals surface area contributed by atoms with E-state index in [1.54, 1.807) is 18.1 Å². The summed E-state index contributed by atoms with van der Waals surface area (Å²) in [5, 5.41) is 6.00. The second-order valence-electron chi connectivity index (χ2n) is 4.13. The number of nitrogens with one attached hydrogen (secondary N) is 3. The standard InChI is InChI=1S/C12H18N4OS/c1-9-11(16-8-15-9)7-18-6-5-14-12(17)10-3-2-4-13-10/h2-3,8,10,13H,4-7H2,1H3,(H,14,17)(H,15,16)/t10-/m0/s1. The van der Waals surface area contributed by atoms with Crippen LogP contribution in [0.2, 0.25) is 0 Å². The number of thioether (sulfide) groups is 1. The van der Waals surface area contributed by atoms with Crippen LogP contribution in [0.1, 0.15) is 11.4 Å². The second kappa shape index (κ2) is 6.61.